The maximum atomic E-state index is 10.9. The number of benzene rings is 1. The van der Waals surface area contributed by atoms with Gasteiger partial charge in [0.2, 0.25) is 0 Å². The molecule has 0 bridgehead atoms. The molecule has 1 rings (SSSR count). The summed E-state index contributed by atoms with van der Waals surface area (Å²) in [7, 11) is 0. The molecule has 4 nitrogen and oxygen atoms in total. The van der Waals surface area contributed by atoms with Crippen molar-refractivity contribution in [2.75, 3.05) is 13.2 Å². The third-order valence-electron chi connectivity index (χ3n) is 2.44. The topological polar surface area (TPSA) is 55.8 Å². The maximum Gasteiger partial charge on any atom is 0.335 e. The molecule has 0 unspecified atom stereocenters. The zero-order valence-electron chi connectivity index (χ0n) is 11.1. The number of ether oxygens (including phenoxy) is 2. The SMILES string of the molecule is CCOc1cc(C(=O)O)ccc1OCCC(C)C. The standard InChI is InChI=1S/C14H20O4/c1-4-17-13-9-11(14(15)16)5-6-12(13)18-8-7-10(2)3/h5-6,9-10H,4,7-8H2,1-3H3,(H,15,16). The number of aromatic carboxylic acids is 1. The molecule has 1 aromatic rings. The van der Waals surface area contributed by atoms with Crippen LogP contribution in [0, 0.1) is 5.92 Å². The molecule has 1 N–H and O–H groups in total. The summed E-state index contributed by atoms with van der Waals surface area (Å²) in [6.07, 6.45) is 0.951. The first-order valence-electron chi connectivity index (χ1n) is 6.17. The zero-order valence-corrected chi connectivity index (χ0v) is 11.1. The summed E-state index contributed by atoms with van der Waals surface area (Å²) in [5.74, 6) is 0.687. The summed E-state index contributed by atoms with van der Waals surface area (Å²) < 4.78 is 11.0. The van der Waals surface area contributed by atoms with Crippen molar-refractivity contribution in [3.05, 3.63) is 23.8 Å². The molecular weight excluding hydrogens is 232 g/mol. The predicted octanol–water partition coefficient (Wildman–Crippen LogP) is 3.21. The van der Waals surface area contributed by atoms with Gasteiger partial charge in [0.25, 0.3) is 0 Å². The van der Waals surface area contributed by atoms with E-state index in [1.807, 2.05) is 6.92 Å². The van der Waals surface area contributed by atoms with Gasteiger partial charge >= 0.3 is 5.97 Å². The Labute approximate surface area is 108 Å². The lowest BCUT2D eigenvalue weighted by Crippen LogP contribution is -2.05. The first-order chi connectivity index (χ1) is 8.54. The fourth-order valence-electron chi connectivity index (χ4n) is 1.43. The average molecular weight is 252 g/mol. The van der Waals surface area contributed by atoms with Crippen LogP contribution in [0.5, 0.6) is 11.5 Å². The van der Waals surface area contributed by atoms with Gasteiger partial charge in [-0.1, -0.05) is 13.8 Å². The number of hydrogen-bond donors (Lipinski definition) is 1. The van der Waals surface area contributed by atoms with Crippen molar-refractivity contribution in [2.45, 2.75) is 27.2 Å². The molecule has 0 fully saturated rings. The molecule has 0 saturated carbocycles. The largest absolute Gasteiger partial charge is 0.490 e. The fourth-order valence-corrected chi connectivity index (χ4v) is 1.43. The molecule has 0 aliphatic rings. The molecular formula is C14H20O4. The highest BCUT2D eigenvalue weighted by Crippen LogP contribution is 2.28. The molecule has 100 valence electrons. The lowest BCUT2D eigenvalue weighted by Gasteiger charge is -2.13. The van der Waals surface area contributed by atoms with E-state index in [9.17, 15) is 4.79 Å². The summed E-state index contributed by atoms with van der Waals surface area (Å²) >= 11 is 0. The molecule has 0 spiro atoms. The van der Waals surface area contributed by atoms with Crippen LogP contribution in [-0.2, 0) is 0 Å². The lowest BCUT2D eigenvalue weighted by atomic mass is 10.1. The normalized spacial score (nSPS) is 10.4. The van der Waals surface area contributed by atoms with Crippen molar-refractivity contribution < 1.29 is 19.4 Å². The minimum absolute atomic E-state index is 0.203. The van der Waals surface area contributed by atoms with E-state index in [4.69, 9.17) is 14.6 Å². The second-order valence-electron chi connectivity index (χ2n) is 4.43. The van der Waals surface area contributed by atoms with E-state index in [1.54, 1.807) is 6.07 Å². The molecule has 0 amide bonds. The highest BCUT2D eigenvalue weighted by atomic mass is 16.5. The van der Waals surface area contributed by atoms with Gasteiger partial charge in [0, 0.05) is 0 Å². The first kappa shape index (κ1) is 14.4. The average Bonchev–Trinajstić information content (AvgIpc) is 2.30. The molecule has 0 atom stereocenters. The summed E-state index contributed by atoms with van der Waals surface area (Å²) in [6.45, 7) is 7.18. The lowest BCUT2D eigenvalue weighted by molar-refractivity contribution is 0.0696. The van der Waals surface area contributed by atoms with Gasteiger partial charge in [-0.2, -0.15) is 0 Å². The van der Waals surface area contributed by atoms with Crippen LogP contribution >= 0.6 is 0 Å². The smallest absolute Gasteiger partial charge is 0.335 e. The Balaban J connectivity index is 2.79. The van der Waals surface area contributed by atoms with Crippen LogP contribution in [0.4, 0.5) is 0 Å². The van der Waals surface area contributed by atoms with Gasteiger partial charge in [0.15, 0.2) is 11.5 Å². The quantitative estimate of drug-likeness (QED) is 0.809. The third-order valence-corrected chi connectivity index (χ3v) is 2.44. The van der Waals surface area contributed by atoms with E-state index in [0.717, 1.165) is 6.42 Å². The number of rotatable bonds is 7. The van der Waals surface area contributed by atoms with E-state index >= 15 is 0 Å². The van der Waals surface area contributed by atoms with Crippen molar-refractivity contribution >= 4 is 5.97 Å². The summed E-state index contributed by atoms with van der Waals surface area (Å²) in [5, 5.41) is 8.92. The van der Waals surface area contributed by atoms with E-state index < -0.39 is 5.97 Å². The Morgan fingerprint density at radius 3 is 2.56 bits per heavy atom. The maximum absolute atomic E-state index is 10.9. The summed E-state index contributed by atoms with van der Waals surface area (Å²) in [5.41, 5.74) is 0.203. The van der Waals surface area contributed by atoms with Gasteiger partial charge in [0.05, 0.1) is 18.8 Å². The molecule has 4 heteroatoms. The number of carbonyl (C=O) groups is 1. The van der Waals surface area contributed by atoms with E-state index in [2.05, 4.69) is 13.8 Å². The van der Waals surface area contributed by atoms with Crippen LogP contribution in [0.1, 0.15) is 37.6 Å². The van der Waals surface area contributed by atoms with Crippen LogP contribution in [0.2, 0.25) is 0 Å². The number of carboxylic acid groups (broad SMARTS) is 1. The highest BCUT2D eigenvalue weighted by Gasteiger charge is 2.10. The van der Waals surface area contributed by atoms with Crippen LogP contribution < -0.4 is 9.47 Å². The summed E-state index contributed by atoms with van der Waals surface area (Å²) in [6, 6.07) is 4.67. The van der Waals surface area contributed by atoms with E-state index in [1.165, 1.54) is 12.1 Å². The molecule has 18 heavy (non-hydrogen) atoms. The van der Waals surface area contributed by atoms with E-state index in [-0.39, 0.29) is 5.56 Å². The third kappa shape index (κ3) is 4.28. The zero-order chi connectivity index (χ0) is 13.5. The molecule has 0 aromatic heterocycles. The van der Waals surface area contributed by atoms with Gasteiger partial charge in [-0.3, -0.25) is 0 Å². The van der Waals surface area contributed by atoms with Crippen molar-refractivity contribution in [1.29, 1.82) is 0 Å². The Kier molecular flexibility index (Phi) is 5.49. The molecule has 0 aliphatic heterocycles. The number of hydrogen-bond acceptors (Lipinski definition) is 3. The molecule has 0 saturated heterocycles. The molecule has 0 radical (unpaired) electrons. The van der Waals surface area contributed by atoms with Crippen molar-refractivity contribution in [3.63, 3.8) is 0 Å². The van der Waals surface area contributed by atoms with Crippen LogP contribution in [0.3, 0.4) is 0 Å². The Bertz CT molecular complexity index is 399. The van der Waals surface area contributed by atoms with Crippen LogP contribution in [0.15, 0.2) is 18.2 Å². The fraction of sp³-hybridized carbons (Fsp3) is 0.500. The van der Waals surface area contributed by atoms with Crippen molar-refractivity contribution in [2.24, 2.45) is 5.92 Å². The number of carboxylic acids is 1. The van der Waals surface area contributed by atoms with Crippen LogP contribution in [-0.4, -0.2) is 24.3 Å². The minimum Gasteiger partial charge on any atom is -0.490 e. The Morgan fingerprint density at radius 1 is 1.28 bits per heavy atom. The van der Waals surface area contributed by atoms with Gasteiger partial charge < -0.3 is 14.6 Å². The minimum atomic E-state index is -0.968. The summed E-state index contributed by atoms with van der Waals surface area (Å²) in [4.78, 5) is 10.9. The second-order valence-corrected chi connectivity index (χ2v) is 4.43. The monoisotopic (exact) mass is 252 g/mol. The second kappa shape index (κ2) is 6.89. The van der Waals surface area contributed by atoms with Crippen LogP contribution in [0.25, 0.3) is 0 Å². The van der Waals surface area contributed by atoms with Gasteiger partial charge in [0.1, 0.15) is 0 Å². The molecule has 0 aliphatic carbocycles. The predicted molar refractivity (Wildman–Crippen MR) is 69.5 cm³/mol. The highest BCUT2D eigenvalue weighted by molar-refractivity contribution is 5.88. The van der Waals surface area contributed by atoms with Crippen molar-refractivity contribution in [1.82, 2.24) is 0 Å². The van der Waals surface area contributed by atoms with Gasteiger partial charge in [-0.25, -0.2) is 4.79 Å². The molecule has 0 heterocycles. The van der Waals surface area contributed by atoms with Gasteiger partial charge in [-0.15, -0.1) is 0 Å². The first-order valence-corrected chi connectivity index (χ1v) is 6.17. The molecule has 1 aromatic carbocycles. The Hall–Kier alpha value is -1.71. The van der Waals surface area contributed by atoms with Crippen molar-refractivity contribution in [3.8, 4) is 11.5 Å². The Morgan fingerprint density at radius 2 is 2.00 bits per heavy atom. The van der Waals surface area contributed by atoms with E-state index in [0.29, 0.717) is 30.6 Å². The van der Waals surface area contributed by atoms with Gasteiger partial charge in [-0.05, 0) is 37.5 Å².